The normalized spacial score (nSPS) is 28.3. The van der Waals surface area contributed by atoms with Crippen molar-refractivity contribution >= 4 is 10.6 Å². The highest BCUT2D eigenvalue weighted by Gasteiger charge is 2.25. The molecule has 2 rings (SSSR count). The van der Waals surface area contributed by atoms with E-state index in [-0.39, 0.29) is 6.04 Å². The SMILES string of the molecule is OS1(O)CCNC(c2ccccc2)C1. The van der Waals surface area contributed by atoms with Crippen molar-refractivity contribution in [2.24, 2.45) is 0 Å². The molecule has 1 atom stereocenters. The molecule has 1 fully saturated rings. The van der Waals surface area contributed by atoms with Crippen LogP contribution in [0, 0.1) is 0 Å². The van der Waals surface area contributed by atoms with Crippen LogP contribution in [0.1, 0.15) is 11.6 Å². The lowest BCUT2D eigenvalue weighted by Crippen LogP contribution is -2.36. The molecule has 14 heavy (non-hydrogen) atoms. The second-order valence-corrected chi connectivity index (χ2v) is 5.94. The first-order chi connectivity index (χ1) is 6.67. The average Bonchev–Trinajstić information content (AvgIpc) is 2.18. The van der Waals surface area contributed by atoms with Gasteiger partial charge in [-0.3, -0.25) is 9.11 Å². The monoisotopic (exact) mass is 213 g/mol. The molecule has 0 spiro atoms. The van der Waals surface area contributed by atoms with Crippen molar-refractivity contribution < 1.29 is 9.11 Å². The largest absolute Gasteiger partial charge is 0.307 e. The van der Waals surface area contributed by atoms with Crippen molar-refractivity contribution in [3.8, 4) is 0 Å². The molecule has 78 valence electrons. The fourth-order valence-corrected chi connectivity index (χ4v) is 3.16. The Bertz CT molecular complexity index is 302. The van der Waals surface area contributed by atoms with E-state index in [4.69, 9.17) is 0 Å². The second-order valence-electron chi connectivity index (χ2n) is 3.59. The molecule has 0 radical (unpaired) electrons. The van der Waals surface area contributed by atoms with Crippen LogP contribution in [-0.2, 0) is 0 Å². The van der Waals surface area contributed by atoms with E-state index in [9.17, 15) is 9.11 Å². The molecule has 1 heterocycles. The second kappa shape index (κ2) is 3.90. The fraction of sp³-hybridized carbons (Fsp3) is 0.400. The number of hydrogen-bond acceptors (Lipinski definition) is 3. The Morgan fingerprint density at radius 2 is 1.93 bits per heavy atom. The summed E-state index contributed by atoms with van der Waals surface area (Å²) in [6, 6.07) is 10.0. The van der Waals surface area contributed by atoms with Crippen molar-refractivity contribution in [3.63, 3.8) is 0 Å². The number of rotatable bonds is 1. The van der Waals surface area contributed by atoms with Gasteiger partial charge in [-0.15, -0.1) is 0 Å². The summed E-state index contributed by atoms with van der Waals surface area (Å²) in [7, 11) is -2.34. The minimum absolute atomic E-state index is 0.0925. The molecule has 1 aliphatic rings. The summed E-state index contributed by atoms with van der Waals surface area (Å²) in [4.78, 5) is 0. The van der Waals surface area contributed by atoms with Gasteiger partial charge in [0.2, 0.25) is 0 Å². The molecule has 0 saturated carbocycles. The van der Waals surface area contributed by atoms with Gasteiger partial charge in [0.15, 0.2) is 0 Å². The highest BCUT2D eigenvalue weighted by molar-refractivity contribution is 8.24. The Morgan fingerprint density at radius 3 is 2.57 bits per heavy atom. The van der Waals surface area contributed by atoms with Gasteiger partial charge in [-0.1, -0.05) is 30.3 Å². The quantitative estimate of drug-likeness (QED) is 0.669. The molecule has 3 N–H and O–H groups in total. The fourth-order valence-electron chi connectivity index (χ4n) is 1.71. The van der Waals surface area contributed by atoms with Crippen molar-refractivity contribution in [2.75, 3.05) is 18.1 Å². The molecule has 1 unspecified atom stereocenters. The summed E-state index contributed by atoms with van der Waals surface area (Å²) < 4.78 is 19.2. The van der Waals surface area contributed by atoms with Crippen LogP contribution in [0.2, 0.25) is 0 Å². The first-order valence-corrected chi connectivity index (χ1v) is 6.58. The van der Waals surface area contributed by atoms with Gasteiger partial charge in [0.05, 0.1) is 5.75 Å². The zero-order valence-corrected chi connectivity index (χ0v) is 8.70. The van der Waals surface area contributed by atoms with Crippen LogP contribution in [-0.4, -0.2) is 27.2 Å². The van der Waals surface area contributed by atoms with Gasteiger partial charge in [0.1, 0.15) is 0 Å². The molecule has 0 aliphatic carbocycles. The van der Waals surface area contributed by atoms with Crippen molar-refractivity contribution in [1.82, 2.24) is 5.32 Å². The van der Waals surface area contributed by atoms with Gasteiger partial charge >= 0.3 is 0 Å². The summed E-state index contributed by atoms with van der Waals surface area (Å²) in [6.45, 7) is 0.682. The summed E-state index contributed by atoms with van der Waals surface area (Å²) in [5.41, 5.74) is 1.13. The van der Waals surface area contributed by atoms with E-state index >= 15 is 0 Å². The zero-order chi connectivity index (χ0) is 10.0. The predicted octanol–water partition coefficient (Wildman–Crippen LogP) is 2.08. The van der Waals surface area contributed by atoms with Gasteiger partial charge in [0.25, 0.3) is 0 Å². The number of hydrogen-bond donors (Lipinski definition) is 3. The van der Waals surface area contributed by atoms with E-state index in [0.717, 1.165) is 5.56 Å². The zero-order valence-electron chi connectivity index (χ0n) is 7.89. The molecule has 4 heteroatoms. The smallest absolute Gasteiger partial charge is 0.0570 e. The molecule has 0 amide bonds. The molecule has 0 bridgehead atoms. The Kier molecular flexibility index (Phi) is 2.78. The first-order valence-electron chi connectivity index (χ1n) is 4.69. The topological polar surface area (TPSA) is 52.5 Å². The molecule has 0 aromatic heterocycles. The van der Waals surface area contributed by atoms with E-state index in [1.807, 2.05) is 30.3 Å². The summed E-state index contributed by atoms with van der Waals surface area (Å²) in [6.07, 6.45) is 0. The van der Waals surface area contributed by atoms with E-state index in [2.05, 4.69) is 5.32 Å². The molecular formula is C10H15NO2S. The Labute approximate surface area is 85.5 Å². The van der Waals surface area contributed by atoms with Crippen molar-refractivity contribution in [1.29, 1.82) is 0 Å². The lowest BCUT2D eigenvalue weighted by molar-refractivity contribution is 0.448. The highest BCUT2D eigenvalue weighted by Crippen LogP contribution is 2.43. The van der Waals surface area contributed by atoms with Gasteiger partial charge in [-0.2, -0.15) is 10.6 Å². The van der Waals surface area contributed by atoms with Crippen LogP contribution in [0.4, 0.5) is 0 Å². The summed E-state index contributed by atoms with van der Waals surface area (Å²) in [5.74, 6) is 0.924. The Morgan fingerprint density at radius 1 is 1.21 bits per heavy atom. The van der Waals surface area contributed by atoms with Gasteiger partial charge in [-0.05, 0) is 5.56 Å². The van der Waals surface area contributed by atoms with Gasteiger partial charge in [-0.25, -0.2) is 0 Å². The molecule has 1 aliphatic heterocycles. The summed E-state index contributed by atoms with van der Waals surface area (Å²) in [5, 5.41) is 3.29. The van der Waals surface area contributed by atoms with Crippen LogP contribution >= 0.6 is 10.6 Å². The molecule has 3 nitrogen and oxygen atoms in total. The Hall–Kier alpha value is -0.550. The Balaban J connectivity index is 2.12. The van der Waals surface area contributed by atoms with Gasteiger partial charge < -0.3 is 5.32 Å². The number of nitrogens with one attached hydrogen (secondary N) is 1. The van der Waals surface area contributed by atoms with Crippen LogP contribution in [0.15, 0.2) is 30.3 Å². The molecular weight excluding hydrogens is 198 g/mol. The van der Waals surface area contributed by atoms with E-state index in [1.165, 1.54) is 0 Å². The van der Waals surface area contributed by atoms with Crippen LogP contribution in [0.5, 0.6) is 0 Å². The first kappa shape index (κ1) is 9.98. The predicted molar refractivity (Wildman–Crippen MR) is 59.8 cm³/mol. The lowest BCUT2D eigenvalue weighted by atomic mass is 10.1. The maximum atomic E-state index is 9.61. The third-order valence-corrected chi connectivity index (χ3v) is 4.18. The molecule has 1 aromatic carbocycles. The third-order valence-electron chi connectivity index (χ3n) is 2.46. The lowest BCUT2D eigenvalue weighted by Gasteiger charge is -2.40. The maximum absolute atomic E-state index is 9.61. The average molecular weight is 213 g/mol. The minimum Gasteiger partial charge on any atom is -0.307 e. The van der Waals surface area contributed by atoms with E-state index in [0.29, 0.717) is 18.1 Å². The highest BCUT2D eigenvalue weighted by atomic mass is 32.3. The minimum atomic E-state index is -2.34. The van der Waals surface area contributed by atoms with Crippen molar-refractivity contribution in [2.45, 2.75) is 6.04 Å². The maximum Gasteiger partial charge on any atom is 0.0570 e. The molecule has 1 aromatic rings. The van der Waals surface area contributed by atoms with Crippen molar-refractivity contribution in [3.05, 3.63) is 35.9 Å². The van der Waals surface area contributed by atoms with Crippen LogP contribution in [0.3, 0.4) is 0 Å². The van der Waals surface area contributed by atoms with Crippen LogP contribution < -0.4 is 5.32 Å². The van der Waals surface area contributed by atoms with Crippen LogP contribution in [0.25, 0.3) is 0 Å². The van der Waals surface area contributed by atoms with E-state index in [1.54, 1.807) is 0 Å². The third kappa shape index (κ3) is 2.27. The van der Waals surface area contributed by atoms with Gasteiger partial charge in [0, 0.05) is 18.3 Å². The number of benzene rings is 1. The molecule has 1 saturated heterocycles. The standard InChI is InChI=1S/C10H15NO2S/c12-14(13)7-6-11-10(8-14)9-4-2-1-3-5-9/h1-5,10-13H,6-8H2. The van der Waals surface area contributed by atoms with E-state index < -0.39 is 10.6 Å². The summed E-state index contributed by atoms with van der Waals surface area (Å²) >= 11 is 0.